The van der Waals surface area contributed by atoms with Crippen molar-refractivity contribution < 1.29 is 67.2 Å². The highest BCUT2D eigenvalue weighted by Gasteiger charge is 2.36. The molecule has 15 nitrogen and oxygen atoms in total. The van der Waals surface area contributed by atoms with Crippen LogP contribution < -0.4 is 38.6 Å². The van der Waals surface area contributed by atoms with Gasteiger partial charge in [-0.3, -0.25) is 9.59 Å². The quantitative estimate of drug-likeness (QED) is 0.0648. The predicted octanol–water partition coefficient (Wildman–Crippen LogP) is 24.5. The van der Waals surface area contributed by atoms with E-state index in [-0.39, 0.29) is 73.1 Å². The van der Waals surface area contributed by atoms with Crippen LogP contribution >= 0.6 is 0 Å². The highest BCUT2D eigenvalue weighted by Crippen LogP contribution is 2.48. The Kier molecular flexibility index (Phi) is 34.3. The summed E-state index contributed by atoms with van der Waals surface area (Å²) in [6.07, 6.45) is 10.2. The van der Waals surface area contributed by atoms with E-state index in [9.17, 15) is 24.9 Å². The monoisotopic (exact) mass is 1520 g/mol. The van der Waals surface area contributed by atoms with Crippen molar-refractivity contribution in [2.24, 2.45) is 0 Å². The Bertz CT molecular complexity index is 4310. The van der Waals surface area contributed by atoms with Crippen LogP contribution in [0.3, 0.4) is 0 Å². The van der Waals surface area contributed by atoms with E-state index >= 15 is 0 Å². The molecule has 0 saturated carbocycles. The number of methoxy groups -OCH3 is 3. The second-order valence-electron chi connectivity index (χ2n) is 36.7. The van der Waals surface area contributed by atoms with E-state index in [1.165, 1.54) is 0 Å². The fourth-order valence-corrected chi connectivity index (χ4v) is 10.7. The van der Waals surface area contributed by atoms with Crippen LogP contribution in [0.2, 0.25) is 0 Å². The fraction of sp³-hybridized carbons (Fsp3) is 0.516. The van der Waals surface area contributed by atoms with Gasteiger partial charge in [-0.05, 0) is 302 Å². The first-order valence-electron chi connectivity index (χ1n) is 38.2. The predicted molar refractivity (Wildman–Crippen MR) is 457 cm³/mol. The van der Waals surface area contributed by atoms with E-state index in [0.29, 0.717) is 82.9 Å². The molecule has 1 heterocycles. The van der Waals surface area contributed by atoms with Gasteiger partial charge in [-0.1, -0.05) is 83.0 Å². The lowest BCUT2D eigenvalue weighted by Gasteiger charge is -2.30. The molecule has 1 aliphatic rings. The van der Waals surface area contributed by atoms with E-state index in [1.807, 2.05) is 313 Å². The first-order valence-corrected chi connectivity index (χ1v) is 38.2. The average Bonchev–Trinajstić information content (AvgIpc) is 0.740. The molecule has 0 atom stereocenters. The summed E-state index contributed by atoms with van der Waals surface area (Å²) in [5, 5.41) is 34.4. The molecule has 0 bridgehead atoms. The Morgan fingerprint density at radius 3 is 1.06 bits per heavy atom. The van der Waals surface area contributed by atoms with Gasteiger partial charge >= 0.3 is 0 Å². The van der Waals surface area contributed by atoms with Gasteiger partial charge in [0.05, 0.1) is 29.3 Å². The van der Waals surface area contributed by atoms with E-state index < -0.39 is 27.8 Å². The molecular formula is C95H138O15. The molecule has 0 fully saturated rings. The number of ether oxygens (including phenoxy) is 9. The third kappa shape index (κ3) is 32.7. The van der Waals surface area contributed by atoms with Crippen molar-refractivity contribution in [3.05, 3.63) is 186 Å². The number of phenols is 3. The molecule has 0 saturated heterocycles. The highest BCUT2D eigenvalue weighted by atomic mass is 16.5. The molecule has 0 unspecified atom stereocenters. The zero-order valence-corrected chi connectivity index (χ0v) is 74.1. The Labute approximate surface area is 661 Å². The van der Waals surface area contributed by atoms with Crippen LogP contribution in [0.1, 0.15) is 276 Å². The lowest BCUT2D eigenvalue weighted by molar-refractivity contribution is 0.0394. The molecule has 7 aromatic rings. The molecule has 6 aromatic carbocycles. The number of aromatic hydroxyl groups is 3. The van der Waals surface area contributed by atoms with Gasteiger partial charge in [0, 0.05) is 60.2 Å². The zero-order valence-electron chi connectivity index (χ0n) is 74.1. The third-order valence-corrected chi connectivity index (χ3v) is 15.5. The van der Waals surface area contributed by atoms with Gasteiger partial charge in [-0.2, -0.15) is 0 Å². The van der Waals surface area contributed by atoms with Gasteiger partial charge in [0.2, 0.25) is 5.43 Å². The van der Waals surface area contributed by atoms with Crippen LogP contribution in [0, 0.1) is 6.92 Å². The van der Waals surface area contributed by atoms with E-state index in [4.69, 9.17) is 47.0 Å². The number of fused-ring (bicyclic) bond motifs is 4. The summed E-state index contributed by atoms with van der Waals surface area (Å²) < 4.78 is 58.5. The Hall–Kier alpha value is -8.66. The molecule has 0 aliphatic heterocycles. The molecule has 8 rings (SSSR count). The van der Waals surface area contributed by atoms with Gasteiger partial charge < -0.3 is 62.4 Å². The van der Waals surface area contributed by atoms with Crippen LogP contribution in [-0.4, -0.2) is 87.2 Å². The number of hydrogen-bond acceptors (Lipinski definition) is 15. The van der Waals surface area contributed by atoms with E-state index in [2.05, 4.69) is 6.08 Å². The zero-order chi connectivity index (χ0) is 84.4. The molecule has 1 aromatic heterocycles. The van der Waals surface area contributed by atoms with Crippen LogP contribution in [0.5, 0.6) is 57.5 Å². The van der Waals surface area contributed by atoms with Crippen molar-refractivity contribution in [1.82, 2.24) is 0 Å². The van der Waals surface area contributed by atoms with Gasteiger partial charge in [0.1, 0.15) is 84.7 Å². The van der Waals surface area contributed by atoms with Crippen LogP contribution in [0.25, 0.3) is 21.9 Å². The lowest BCUT2D eigenvalue weighted by Crippen LogP contribution is -2.26. The Morgan fingerprint density at radius 1 is 0.373 bits per heavy atom. The van der Waals surface area contributed by atoms with Crippen molar-refractivity contribution >= 4 is 27.7 Å². The van der Waals surface area contributed by atoms with Gasteiger partial charge in [-0.25, -0.2) is 0 Å². The molecule has 0 radical (unpaired) electrons. The van der Waals surface area contributed by atoms with Crippen molar-refractivity contribution in [2.75, 3.05) is 21.3 Å². The summed E-state index contributed by atoms with van der Waals surface area (Å²) in [6, 6.07) is 25.1. The van der Waals surface area contributed by atoms with Crippen LogP contribution in [0.15, 0.2) is 135 Å². The summed E-state index contributed by atoms with van der Waals surface area (Å²) in [5.74, 6) is 3.70. The van der Waals surface area contributed by atoms with Gasteiger partial charge in [-0.15, -0.1) is 0 Å². The largest absolute Gasteiger partial charge is 0.507 e. The topological polar surface area (TPSA) is 191 Å². The summed E-state index contributed by atoms with van der Waals surface area (Å²) in [7, 11) is 5.02. The number of benzene rings is 6. The lowest BCUT2D eigenvalue weighted by atomic mass is 9.79. The number of phenolic OH excluding ortho intramolecular Hbond substituents is 3. The standard InChI is InChI=1S/C33H44O5.C31H40O6.C15H24O2.C6H6.2C5H12O/c1-19(2)12-14-23-25(37-32(5,6)7)17-22-16-21-18-26(38-33(8,9)10)31(36-11)24(15-13-20(3)4)27(21)30(35)28(22)29(23)34;1-17(2)11-13-19-21(36-30(5,6)7)15-23-26(28(19)33)29(34)25-20(14-12-18(3)4)27(32)24(16-22(25)35-23)37-31(8,9)10;1-11-8-12(16-14(2,3)4)10-13(9-11)17-15(5,6)7;1-2-4-6-5-3-1;2*1-5(2,3)6-4/h12-13,17-18,34H,14-16H2,1-11H3;11-12,15-16,32-33H,13-14H2,1-10H3;8-10H,1-7H3;1-6H;2*1-4H3. The second kappa shape index (κ2) is 39.5. The second-order valence-corrected chi connectivity index (χ2v) is 36.7. The van der Waals surface area contributed by atoms with Crippen molar-refractivity contribution in [3.63, 3.8) is 0 Å². The molecule has 110 heavy (non-hydrogen) atoms. The molecule has 15 heteroatoms. The number of hydrogen-bond donors (Lipinski definition) is 3. The number of aryl methyl sites for hydroxylation is 1. The molecule has 3 N–H and O–H groups in total. The normalized spacial score (nSPS) is 12.2. The fourth-order valence-electron chi connectivity index (χ4n) is 10.7. The van der Waals surface area contributed by atoms with Crippen LogP contribution in [-0.2, 0) is 41.6 Å². The summed E-state index contributed by atoms with van der Waals surface area (Å²) in [5.41, 5.74) is 8.13. The summed E-state index contributed by atoms with van der Waals surface area (Å²) >= 11 is 0. The number of ketones is 1. The summed E-state index contributed by atoms with van der Waals surface area (Å²) in [4.78, 5) is 28.2. The molecule has 0 spiro atoms. The van der Waals surface area contributed by atoms with E-state index in [0.717, 1.165) is 56.0 Å². The minimum Gasteiger partial charge on any atom is -0.507 e. The molecule has 608 valence electrons. The minimum atomic E-state index is -0.581. The van der Waals surface area contributed by atoms with E-state index in [1.54, 1.807) is 33.5 Å². The molecular weight excluding hydrogens is 1380 g/mol. The number of allylic oxidation sites excluding steroid dienone is 8. The first-order chi connectivity index (χ1) is 50.2. The minimum absolute atomic E-state index is 0.00273. The number of rotatable bonds is 15. The molecule has 1 aliphatic carbocycles. The maximum atomic E-state index is 14.2. The first kappa shape index (κ1) is 95.5. The van der Waals surface area contributed by atoms with Gasteiger partial charge in [0.15, 0.2) is 28.8 Å². The van der Waals surface area contributed by atoms with Crippen molar-refractivity contribution in [2.45, 2.75) is 305 Å². The van der Waals surface area contributed by atoms with Crippen molar-refractivity contribution in [3.8, 4) is 57.5 Å². The number of carbonyl (C=O) groups excluding carboxylic acids is 1. The maximum absolute atomic E-state index is 14.2. The smallest absolute Gasteiger partial charge is 0.204 e. The van der Waals surface area contributed by atoms with Crippen LogP contribution in [0.4, 0.5) is 0 Å². The Morgan fingerprint density at radius 2 is 0.691 bits per heavy atom. The Balaban J connectivity index is 0.000000399. The average molecular weight is 1520 g/mol. The third-order valence-electron chi connectivity index (χ3n) is 15.5. The maximum Gasteiger partial charge on any atom is 0.204 e. The van der Waals surface area contributed by atoms with Gasteiger partial charge in [0.25, 0.3) is 0 Å². The molecule has 0 amide bonds. The summed E-state index contributed by atoms with van der Waals surface area (Å²) in [6.45, 7) is 65.7. The van der Waals surface area contributed by atoms with Crippen molar-refractivity contribution in [1.29, 1.82) is 0 Å². The highest BCUT2D eigenvalue weighted by molar-refractivity contribution is 6.16. The SMILES string of the molecule is CC(C)=CCc1c(OC(C)(C)C)cc2oc3cc(OC(C)(C)C)c(O)c(CC=C(C)C)c3c(=O)c2c1O.COC(C)(C)C.COC(C)(C)C.COc1c(OC(C)(C)C)cc2c(c1CC=C(C)C)C(=O)c1c(cc(OC(C)(C)C)c(CC=C(C)C)c1O)C2.Cc1cc(OC(C)(C)C)cc(OC(C)(C)C)c1.c1ccccc1. The number of carbonyl (C=O) groups is 1.